The molecule has 0 saturated carbocycles. The molecule has 0 spiro atoms. The second-order valence-corrected chi connectivity index (χ2v) is 15.3. The van der Waals surface area contributed by atoms with Crippen molar-refractivity contribution in [1.82, 2.24) is 0 Å². The van der Waals surface area contributed by atoms with E-state index in [-0.39, 0.29) is 0 Å². The first-order valence-corrected chi connectivity index (χ1v) is 21.2. The Balaban J connectivity index is 0.0000000996. The average molecular weight is 791 g/mol. The van der Waals surface area contributed by atoms with Crippen molar-refractivity contribution >= 4 is 86.2 Å². The molecule has 0 heterocycles. The Kier molecular flexibility index (Phi) is 12.3. The van der Waals surface area contributed by atoms with Gasteiger partial charge < -0.3 is 0 Å². The third-order valence-electron chi connectivity index (χ3n) is 11.2. The molecule has 0 aromatic heterocycles. The maximum absolute atomic E-state index is 2.24. The summed E-state index contributed by atoms with van der Waals surface area (Å²) in [6.07, 6.45) is 0. The fourth-order valence-electron chi connectivity index (χ4n) is 7.99. The minimum atomic E-state index is 1.31. The molecule has 13 rings (SSSR count). The first-order valence-electron chi connectivity index (χ1n) is 21.2. The van der Waals surface area contributed by atoms with Gasteiger partial charge in [0.1, 0.15) is 0 Å². The van der Waals surface area contributed by atoms with E-state index in [1.54, 1.807) is 0 Å². The Bertz CT molecular complexity index is 2940. The van der Waals surface area contributed by atoms with Crippen molar-refractivity contribution < 1.29 is 0 Å². The van der Waals surface area contributed by atoms with Gasteiger partial charge in [-0.2, -0.15) is 0 Å². The van der Waals surface area contributed by atoms with E-state index in [2.05, 4.69) is 279 Å². The van der Waals surface area contributed by atoms with Gasteiger partial charge in [-0.15, -0.1) is 0 Å². The molecule has 0 fully saturated rings. The van der Waals surface area contributed by atoms with E-state index in [4.69, 9.17) is 0 Å². The van der Waals surface area contributed by atoms with E-state index in [1.807, 2.05) is 0 Å². The molecule has 0 nitrogen and oxygen atoms in total. The normalized spacial score (nSPS) is 10.6. The summed E-state index contributed by atoms with van der Waals surface area (Å²) in [7, 11) is 0. The van der Waals surface area contributed by atoms with Crippen molar-refractivity contribution in [2.45, 2.75) is 0 Å². The van der Waals surface area contributed by atoms with E-state index in [9.17, 15) is 0 Å². The molecule has 0 heteroatoms. The van der Waals surface area contributed by atoms with Gasteiger partial charge in [0.15, 0.2) is 0 Å². The maximum atomic E-state index is 2.24. The van der Waals surface area contributed by atoms with E-state index >= 15 is 0 Å². The van der Waals surface area contributed by atoms with Gasteiger partial charge in [-0.05, 0) is 110 Å². The molecule has 0 saturated heterocycles. The second kappa shape index (κ2) is 19.3. The topological polar surface area (TPSA) is 0 Å². The summed E-state index contributed by atoms with van der Waals surface area (Å²) in [5.41, 5.74) is 0. The van der Waals surface area contributed by atoms with Crippen LogP contribution in [0.2, 0.25) is 0 Å². The Labute approximate surface area is 363 Å². The summed E-state index contributed by atoms with van der Waals surface area (Å²) in [6, 6.07) is 97.6. The van der Waals surface area contributed by atoms with Crippen LogP contribution in [0.25, 0.3) is 86.2 Å². The monoisotopic (exact) mass is 790 g/mol. The van der Waals surface area contributed by atoms with Crippen LogP contribution in [0.5, 0.6) is 0 Å². The van der Waals surface area contributed by atoms with Gasteiger partial charge >= 0.3 is 0 Å². The fraction of sp³-hybridized carbons (Fsp3) is 0. The largest absolute Gasteiger partial charge is 0.0616 e. The van der Waals surface area contributed by atoms with Crippen LogP contribution in [0.4, 0.5) is 0 Å². The van der Waals surface area contributed by atoms with Gasteiger partial charge in [-0.3, -0.25) is 0 Å². The highest BCUT2D eigenvalue weighted by Gasteiger charge is 1.99. The van der Waals surface area contributed by atoms with Crippen LogP contribution < -0.4 is 0 Å². The molecule has 0 N–H and O–H groups in total. The molecule has 0 bridgehead atoms. The summed E-state index contributed by atoms with van der Waals surface area (Å²) in [4.78, 5) is 0. The van der Waals surface area contributed by atoms with Gasteiger partial charge in [-0.1, -0.05) is 255 Å². The number of benzene rings is 13. The Morgan fingerprint density at radius 3 is 0.452 bits per heavy atom. The average Bonchev–Trinajstić information content (AvgIpc) is 3.36. The summed E-state index contributed by atoms with van der Waals surface area (Å²) in [5.74, 6) is 0. The number of hydrogen-bond acceptors (Lipinski definition) is 0. The SMILES string of the molecule is c1ccc2c(c1)ccc1ccccc12.c1ccc2cc3ccccc3cc2c1.c1ccc2cc3ccccc3cc2c1.c1ccc2ccccc2c1.c1ccc2ccccc2c1. The second-order valence-electron chi connectivity index (χ2n) is 15.3. The number of hydrogen-bond donors (Lipinski definition) is 0. The van der Waals surface area contributed by atoms with Crippen LogP contribution in [-0.2, 0) is 0 Å². The smallest absolute Gasteiger partial charge is 0.0105 e. The Hall–Kier alpha value is -8.06. The first kappa shape index (κ1) is 39.4. The van der Waals surface area contributed by atoms with Crippen molar-refractivity contribution in [2.75, 3.05) is 0 Å². The number of rotatable bonds is 0. The van der Waals surface area contributed by atoms with Crippen molar-refractivity contribution in [3.05, 3.63) is 279 Å². The molecule has 62 heavy (non-hydrogen) atoms. The minimum Gasteiger partial charge on any atom is -0.0616 e. The highest BCUT2D eigenvalue weighted by atomic mass is 14.0. The third-order valence-corrected chi connectivity index (χ3v) is 11.2. The minimum absolute atomic E-state index is 1.31. The lowest BCUT2D eigenvalue weighted by Gasteiger charge is -2.02. The number of fused-ring (bicyclic) bond motifs is 9. The van der Waals surface area contributed by atoms with Crippen molar-refractivity contribution in [1.29, 1.82) is 0 Å². The van der Waals surface area contributed by atoms with Crippen molar-refractivity contribution in [3.8, 4) is 0 Å². The molecule has 294 valence electrons. The van der Waals surface area contributed by atoms with Gasteiger partial charge in [-0.25, -0.2) is 0 Å². The molecule has 0 atom stereocenters. The zero-order valence-electron chi connectivity index (χ0n) is 34.6. The molecule has 0 radical (unpaired) electrons. The highest BCUT2D eigenvalue weighted by molar-refractivity contribution is 6.07. The lowest BCUT2D eigenvalue weighted by Crippen LogP contribution is -1.75. The first-order chi connectivity index (χ1) is 30.7. The molecule has 0 aliphatic rings. The molecular weight excluding hydrogens is 745 g/mol. The summed E-state index contributed by atoms with van der Waals surface area (Å²) >= 11 is 0. The summed E-state index contributed by atoms with van der Waals surface area (Å²) < 4.78 is 0. The van der Waals surface area contributed by atoms with Crippen molar-refractivity contribution in [3.63, 3.8) is 0 Å². The lowest BCUT2D eigenvalue weighted by molar-refractivity contribution is 1.75. The summed E-state index contributed by atoms with van der Waals surface area (Å²) in [5, 5.41) is 21.0. The molecule has 0 aliphatic carbocycles. The van der Waals surface area contributed by atoms with E-state index in [1.165, 1.54) is 86.2 Å². The van der Waals surface area contributed by atoms with Crippen LogP contribution in [0.15, 0.2) is 279 Å². The van der Waals surface area contributed by atoms with E-state index in [0.717, 1.165) is 0 Å². The maximum Gasteiger partial charge on any atom is -0.0105 e. The molecule has 0 aliphatic heterocycles. The lowest BCUT2D eigenvalue weighted by atomic mass is 10.0. The van der Waals surface area contributed by atoms with E-state index in [0.29, 0.717) is 0 Å². The van der Waals surface area contributed by atoms with Crippen LogP contribution >= 0.6 is 0 Å². The molecule has 13 aromatic rings. The standard InChI is InChI=1S/3C14H10.2C10H8/c1-3-7-13-11(5-1)9-10-12-6-2-4-8-14(12)13;2*1-2-6-12-10-14-8-4-3-7-13(14)9-11(12)5-1;2*1-2-6-10-8-4-3-7-9(10)5-1/h3*1-10H;2*1-8H. The Morgan fingerprint density at radius 2 is 0.258 bits per heavy atom. The predicted octanol–water partition coefficient (Wildman–Crippen LogP) is 17.7. The molecular formula is C62H46. The van der Waals surface area contributed by atoms with Gasteiger partial charge in [0.25, 0.3) is 0 Å². The van der Waals surface area contributed by atoms with Gasteiger partial charge in [0.2, 0.25) is 0 Å². The van der Waals surface area contributed by atoms with Gasteiger partial charge in [0.05, 0.1) is 0 Å². The van der Waals surface area contributed by atoms with Crippen LogP contribution in [0.1, 0.15) is 0 Å². The quantitative estimate of drug-likeness (QED) is 0.106. The predicted molar refractivity (Wildman–Crippen MR) is 272 cm³/mol. The van der Waals surface area contributed by atoms with Crippen molar-refractivity contribution in [2.24, 2.45) is 0 Å². The van der Waals surface area contributed by atoms with Crippen LogP contribution in [0, 0.1) is 0 Å². The molecule has 0 unspecified atom stereocenters. The van der Waals surface area contributed by atoms with E-state index < -0.39 is 0 Å². The fourth-order valence-corrected chi connectivity index (χ4v) is 7.99. The summed E-state index contributed by atoms with van der Waals surface area (Å²) in [6.45, 7) is 0. The highest BCUT2D eigenvalue weighted by Crippen LogP contribution is 2.26. The zero-order valence-corrected chi connectivity index (χ0v) is 34.6. The third kappa shape index (κ3) is 9.53. The van der Waals surface area contributed by atoms with Gasteiger partial charge in [0, 0.05) is 0 Å². The zero-order chi connectivity index (χ0) is 41.8. The van der Waals surface area contributed by atoms with Crippen LogP contribution in [-0.4, -0.2) is 0 Å². The Morgan fingerprint density at radius 1 is 0.113 bits per heavy atom. The molecule has 13 aromatic carbocycles. The van der Waals surface area contributed by atoms with Crippen LogP contribution in [0.3, 0.4) is 0 Å². The molecule has 0 amide bonds.